The van der Waals surface area contributed by atoms with Crippen molar-refractivity contribution in [3.63, 3.8) is 0 Å². The molecule has 0 fully saturated rings. The highest BCUT2D eigenvalue weighted by molar-refractivity contribution is 5.35. The molecule has 1 aliphatic rings. The summed E-state index contributed by atoms with van der Waals surface area (Å²) in [6, 6.07) is 4.11. The van der Waals surface area contributed by atoms with Gasteiger partial charge in [-0.3, -0.25) is 4.98 Å². The van der Waals surface area contributed by atoms with Crippen molar-refractivity contribution in [3.8, 4) is 0 Å². The van der Waals surface area contributed by atoms with E-state index in [-0.39, 0.29) is 0 Å². The molecule has 0 aromatic carbocycles. The maximum atomic E-state index is 4.39. The molecule has 0 saturated heterocycles. The molecule has 2 heterocycles. The van der Waals surface area contributed by atoms with Gasteiger partial charge < -0.3 is 5.32 Å². The summed E-state index contributed by atoms with van der Waals surface area (Å²) in [7, 11) is 0. The monoisotopic (exact) mass is 146 g/mol. The first-order valence-electron chi connectivity index (χ1n) is 3.74. The van der Waals surface area contributed by atoms with Crippen LogP contribution in [0, 0.1) is 6.92 Å². The lowest BCUT2D eigenvalue weighted by Crippen LogP contribution is -2.35. The maximum Gasteiger partial charge on any atom is 0.0697 e. The molecule has 0 atom stereocenters. The Bertz CT molecular complexity index is 379. The first-order chi connectivity index (χ1) is 5.36. The smallest absolute Gasteiger partial charge is 0.0697 e. The quantitative estimate of drug-likeness (QED) is 0.534. The van der Waals surface area contributed by atoms with Crippen LogP contribution in [0.5, 0.6) is 0 Å². The van der Waals surface area contributed by atoms with Gasteiger partial charge in [0, 0.05) is 23.7 Å². The van der Waals surface area contributed by atoms with Gasteiger partial charge in [-0.05, 0) is 25.1 Å². The predicted octanol–water partition coefficient (Wildman–Crippen LogP) is -0.488. The SMILES string of the molecule is Cc1ccc2c(n1)=CCNC=2. The van der Waals surface area contributed by atoms with Crippen LogP contribution in [0.15, 0.2) is 12.1 Å². The average Bonchev–Trinajstić information content (AvgIpc) is 2.04. The third kappa shape index (κ3) is 1.11. The molecule has 1 aliphatic heterocycles. The van der Waals surface area contributed by atoms with Crippen molar-refractivity contribution in [2.24, 2.45) is 0 Å². The summed E-state index contributed by atoms with van der Waals surface area (Å²) < 4.78 is 0. The molecule has 11 heavy (non-hydrogen) atoms. The zero-order chi connectivity index (χ0) is 7.68. The molecule has 2 rings (SSSR count). The van der Waals surface area contributed by atoms with Crippen LogP contribution in [0.4, 0.5) is 0 Å². The van der Waals surface area contributed by atoms with Crippen molar-refractivity contribution in [3.05, 3.63) is 28.4 Å². The summed E-state index contributed by atoms with van der Waals surface area (Å²) in [5.74, 6) is 0. The second kappa shape index (κ2) is 2.38. The molecule has 0 spiro atoms. The molecule has 1 aromatic heterocycles. The highest BCUT2D eigenvalue weighted by atomic mass is 14.8. The van der Waals surface area contributed by atoms with Crippen LogP contribution < -0.4 is 15.9 Å². The third-order valence-corrected chi connectivity index (χ3v) is 1.77. The number of nitrogens with zero attached hydrogens (tertiary/aromatic N) is 1. The van der Waals surface area contributed by atoms with E-state index in [1.807, 2.05) is 19.2 Å². The first kappa shape index (κ1) is 6.40. The minimum atomic E-state index is 0.892. The summed E-state index contributed by atoms with van der Waals surface area (Å²) in [5, 5.41) is 5.42. The second-order valence-electron chi connectivity index (χ2n) is 2.68. The van der Waals surface area contributed by atoms with Crippen LogP contribution in [0.3, 0.4) is 0 Å². The summed E-state index contributed by atoms with van der Waals surface area (Å²) in [4.78, 5) is 4.39. The van der Waals surface area contributed by atoms with E-state index >= 15 is 0 Å². The number of hydrogen-bond acceptors (Lipinski definition) is 2. The Labute approximate surface area is 65.3 Å². The van der Waals surface area contributed by atoms with E-state index in [0.29, 0.717) is 0 Å². The van der Waals surface area contributed by atoms with Gasteiger partial charge in [0.25, 0.3) is 0 Å². The third-order valence-electron chi connectivity index (χ3n) is 1.77. The molecule has 56 valence electrons. The van der Waals surface area contributed by atoms with E-state index in [4.69, 9.17) is 0 Å². The van der Waals surface area contributed by atoms with Gasteiger partial charge in [0.2, 0.25) is 0 Å². The molecule has 0 amide bonds. The summed E-state index contributed by atoms with van der Waals surface area (Å²) >= 11 is 0. The number of hydrogen-bond donors (Lipinski definition) is 1. The summed E-state index contributed by atoms with van der Waals surface area (Å²) in [5.41, 5.74) is 1.08. The maximum absolute atomic E-state index is 4.39. The Morgan fingerprint density at radius 1 is 1.45 bits per heavy atom. The van der Waals surface area contributed by atoms with E-state index in [1.165, 1.54) is 5.22 Å². The van der Waals surface area contributed by atoms with Gasteiger partial charge in [-0.25, -0.2) is 0 Å². The Kier molecular flexibility index (Phi) is 1.39. The van der Waals surface area contributed by atoms with Crippen LogP contribution in [0.25, 0.3) is 12.3 Å². The fourth-order valence-electron chi connectivity index (χ4n) is 1.20. The zero-order valence-electron chi connectivity index (χ0n) is 6.46. The van der Waals surface area contributed by atoms with Crippen molar-refractivity contribution in [2.45, 2.75) is 6.92 Å². The van der Waals surface area contributed by atoms with Crippen LogP contribution in [-0.2, 0) is 0 Å². The Morgan fingerprint density at radius 2 is 2.36 bits per heavy atom. The Hall–Kier alpha value is -1.31. The van der Waals surface area contributed by atoms with Gasteiger partial charge in [-0.1, -0.05) is 0 Å². The van der Waals surface area contributed by atoms with Crippen LogP contribution in [-0.4, -0.2) is 11.5 Å². The average molecular weight is 146 g/mol. The van der Waals surface area contributed by atoms with Gasteiger partial charge in [-0.15, -0.1) is 0 Å². The van der Waals surface area contributed by atoms with E-state index in [9.17, 15) is 0 Å². The van der Waals surface area contributed by atoms with E-state index < -0.39 is 0 Å². The van der Waals surface area contributed by atoms with Crippen LogP contribution in [0.2, 0.25) is 0 Å². The van der Waals surface area contributed by atoms with E-state index in [2.05, 4.69) is 22.4 Å². The largest absolute Gasteiger partial charge is 0.387 e. The molecule has 2 heteroatoms. The van der Waals surface area contributed by atoms with E-state index in [1.54, 1.807) is 0 Å². The van der Waals surface area contributed by atoms with Gasteiger partial charge in [0.05, 0.1) is 5.35 Å². The van der Waals surface area contributed by atoms with Crippen molar-refractivity contribution in [1.29, 1.82) is 0 Å². The molecular formula is C9H10N2. The lowest BCUT2D eigenvalue weighted by atomic mass is 10.2. The number of fused-ring (bicyclic) bond motifs is 1. The van der Waals surface area contributed by atoms with Crippen molar-refractivity contribution < 1.29 is 0 Å². The lowest BCUT2D eigenvalue weighted by molar-refractivity contribution is 1.02. The molecular weight excluding hydrogens is 136 g/mol. The van der Waals surface area contributed by atoms with Gasteiger partial charge >= 0.3 is 0 Å². The Morgan fingerprint density at radius 3 is 3.27 bits per heavy atom. The number of aromatic nitrogens is 1. The molecule has 0 aliphatic carbocycles. The molecule has 1 aromatic rings. The molecule has 2 nitrogen and oxygen atoms in total. The molecule has 0 radical (unpaired) electrons. The zero-order valence-corrected chi connectivity index (χ0v) is 6.46. The predicted molar refractivity (Wildman–Crippen MR) is 45.2 cm³/mol. The number of aryl methyl sites for hydroxylation is 1. The van der Waals surface area contributed by atoms with Crippen molar-refractivity contribution in [1.82, 2.24) is 10.3 Å². The fourth-order valence-corrected chi connectivity index (χ4v) is 1.20. The second-order valence-corrected chi connectivity index (χ2v) is 2.68. The Balaban J connectivity index is 2.80. The molecule has 0 saturated carbocycles. The number of pyridine rings is 1. The van der Waals surface area contributed by atoms with Crippen molar-refractivity contribution >= 4 is 12.3 Å². The number of nitrogens with one attached hydrogen (secondary N) is 1. The van der Waals surface area contributed by atoms with Crippen LogP contribution in [0.1, 0.15) is 5.69 Å². The minimum absolute atomic E-state index is 0.892. The van der Waals surface area contributed by atoms with Crippen LogP contribution >= 0.6 is 0 Å². The standard InChI is InChI=1S/C9H10N2/c1-7-2-3-8-6-10-5-4-9(8)11-7/h2-4,6,10H,5H2,1H3. The lowest BCUT2D eigenvalue weighted by Gasteiger charge is -2.01. The summed E-state index contributed by atoms with van der Waals surface area (Å²) in [6.45, 7) is 2.90. The highest BCUT2D eigenvalue weighted by Crippen LogP contribution is 1.81. The highest BCUT2D eigenvalue weighted by Gasteiger charge is 1.92. The van der Waals surface area contributed by atoms with Gasteiger partial charge in [0.15, 0.2) is 0 Å². The molecule has 0 bridgehead atoms. The normalized spacial score (nSPS) is 13.9. The van der Waals surface area contributed by atoms with E-state index in [0.717, 1.165) is 17.6 Å². The van der Waals surface area contributed by atoms with Gasteiger partial charge in [-0.2, -0.15) is 0 Å². The van der Waals surface area contributed by atoms with Gasteiger partial charge in [0.1, 0.15) is 0 Å². The summed E-state index contributed by atoms with van der Waals surface area (Å²) in [6.07, 6.45) is 4.10. The minimum Gasteiger partial charge on any atom is -0.387 e. The fraction of sp³-hybridized carbons (Fsp3) is 0.222. The van der Waals surface area contributed by atoms with Crippen molar-refractivity contribution in [2.75, 3.05) is 6.54 Å². The topological polar surface area (TPSA) is 24.9 Å². The number of rotatable bonds is 0. The molecule has 1 N–H and O–H groups in total. The molecule has 0 unspecified atom stereocenters. The first-order valence-corrected chi connectivity index (χ1v) is 3.74.